The van der Waals surface area contributed by atoms with E-state index in [1.165, 1.54) is 12.8 Å². The molecule has 1 aromatic carbocycles. The van der Waals surface area contributed by atoms with Gasteiger partial charge in [-0.15, -0.1) is 0 Å². The number of anilines is 1. The van der Waals surface area contributed by atoms with Crippen molar-refractivity contribution in [2.45, 2.75) is 32.4 Å². The fraction of sp³-hybridized carbons (Fsp3) is 0.500. The Balaban J connectivity index is 2.26. The Morgan fingerprint density at radius 1 is 1.47 bits per heavy atom. The van der Waals surface area contributed by atoms with Gasteiger partial charge in [0.1, 0.15) is 0 Å². The molecular formula is C12H16ClNO. The second-order valence-corrected chi connectivity index (χ2v) is 4.37. The lowest BCUT2D eigenvalue weighted by atomic mass is 10.2. The van der Waals surface area contributed by atoms with Gasteiger partial charge >= 0.3 is 0 Å². The molecule has 0 spiro atoms. The Hall–Kier alpha value is -0.730. The highest BCUT2D eigenvalue weighted by atomic mass is 35.5. The van der Waals surface area contributed by atoms with Crippen molar-refractivity contribution in [3.63, 3.8) is 0 Å². The van der Waals surface area contributed by atoms with Gasteiger partial charge in [-0.2, -0.15) is 0 Å². The average Bonchev–Trinajstić information content (AvgIpc) is 3.05. The highest BCUT2D eigenvalue weighted by Crippen LogP contribution is 2.35. The first-order valence-corrected chi connectivity index (χ1v) is 5.80. The summed E-state index contributed by atoms with van der Waals surface area (Å²) in [5, 5.41) is 9.74. The summed E-state index contributed by atoms with van der Waals surface area (Å²) in [5.41, 5.74) is 1.97. The summed E-state index contributed by atoms with van der Waals surface area (Å²) in [6.45, 7) is 3.19. The number of rotatable bonds is 4. The molecule has 0 heterocycles. The average molecular weight is 226 g/mol. The molecule has 0 aromatic heterocycles. The zero-order valence-corrected chi connectivity index (χ0v) is 9.67. The van der Waals surface area contributed by atoms with Crippen LogP contribution in [-0.2, 0) is 6.61 Å². The number of hydrogen-bond donors (Lipinski definition) is 1. The van der Waals surface area contributed by atoms with Crippen molar-refractivity contribution in [2.24, 2.45) is 0 Å². The standard InChI is InChI=1S/C12H16ClNO/c1-2-14(10-4-5-10)12-6-3-9(8-15)7-11(12)13/h3,6-7,10,15H,2,4-5,8H2,1H3. The molecule has 0 atom stereocenters. The quantitative estimate of drug-likeness (QED) is 0.852. The minimum Gasteiger partial charge on any atom is -0.392 e. The van der Waals surface area contributed by atoms with Crippen molar-refractivity contribution >= 4 is 17.3 Å². The predicted octanol–water partition coefficient (Wildman–Crippen LogP) is 2.82. The number of nitrogens with zero attached hydrogens (tertiary/aromatic N) is 1. The summed E-state index contributed by atoms with van der Waals surface area (Å²) < 4.78 is 0. The first-order chi connectivity index (χ1) is 7.26. The van der Waals surface area contributed by atoms with Crippen molar-refractivity contribution in [3.8, 4) is 0 Å². The van der Waals surface area contributed by atoms with Crippen molar-refractivity contribution in [1.29, 1.82) is 0 Å². The Bertz CT molecular complexity index is 349. The van der Waals surface area contributed by atoms with E-state index in [9.17, 15) is 0 Å². The van der Waals surface area contributed by atoms with E-state index < -0.39 is 0 Å². The van der Waals surface area contributed by atoms with Gasteiger partial charge in [0.2, 0.25) is 0 Å². The minimum atomic E-state index is 0.0511. The van der Waals surface area contributed by atoms with Gasteiger partial charge in [0.05, 0.1) is 17.3 Å². The lowest BCUT2D eigenvalue weighted by Gasteiger charge is -2.24. The minimum absolute atomic E-state index is 0.0511. The van der Waals surface area contributed by atoms with E-state index >= 15 is 0 Å². The molecule has 1 aliphatic carbocycles. The molecule has 1 fully saturated rings. The van der Waals surface area contributed by atoms with Crippen LogP contribution in [0.2, 0.25) is 5.02 Å². The van der Waals surface area contributed by atoms with Crippen molar-refractivity contribution < 1.29 is 5.11 Å². The third-order valence-corrected chi connectivity index (χ3v) is 3.14. The van der Waals surface area contributed by atoms with E-state index in [0.717, 1.165) is 22.8 Å². The molecule has 3 heteroatoms. The lowest BCUT2D eigenvalue weighted by Crippen LogP contribution is -2.25. The smallest absolute Gasteiger partial charge is 0.0682 e. The van der Waals surface area contributed by atoms with Gasteiger partial charge in [0, 0.05) is 12.6 Å². The molecule has 0 unspecified atom stereocenters. The maximum absolute atomic E-state index is 9.00. The fourth-order valence-electron chi connectivity index (χ4n) is 1.89. The molecule has 82 valence electrons. The van der Waals surface area contributed by atoms with Crippen LogP contribution in [0.1, 0.15) is 25.3 Å². The van der Waals surface area contributed by atoms with Crippen LogP contribution in [0.15, 0.2) is 18.2 Å². The zero-order valence-electron chi connectivity index (χ0n) is 8.91. The summed E-state index contributed by atoms with van der Waals surface area (Å²) >= 11 is 6.20. The molecule has 2 nitrogen and oxygen atoms in total. The van der Waals surface area contributed by atoms with Crippen LogP contribution in [0.25, 0.3) is 0 Å². The Morgan fingerprint density at radius 2 is 2.20 bits per heavy atom. The molecule has 2 rings (SSSR count). The maximum atomic E-state index is 9.00. The molecule has 1 N–H and O–H groups in total. The van der Waals surface area contributed by atoms with Gasteiger partial charge in [-0.05, 0) is 37.5 Å². The van der Waals surface area contributed by atoms with Crippen LogP contribution in [0.4, 0.5) is 5.69 Å². The van der Waals surface area contributed by atoms with E-state index in [4.69, 9.17) is 16.7 Å². The van der Waals surface area contributed by atoms with Crippen LogP contribution in [0.5, 0.6) is 0 Å². The molecule has 0 saturated heterocycles. The molecule has 1 aliphatic rings. The maximum Gasteiger partial charge on any atom is 0.0682 e. The molecule has 0 bridgehead atoms. The van der Waals surface area contributed by atoms with Gasteiger partial charge < -0.3 is 10.0 Å². The van der Waals surface area contributed by atoms with Crippen LogP contribution in [-0.4, -0.2) is 17.7 Å². The summed E-state index contributed by atoms with van der Waals surface area (Å²) in [7, 11) is 0. The summed E-state index contributed by atoms with van der Waals surface area (Å²) in [6.07, 6.45) is 2.54. The van der Waals surface area contributed by atoms with E-state index in [1.54, 1.807) is 0 Å². The van der Waals surface area contributed by atoms with Gasteiger partial charge in [0.25, 0.3) is 0 Å². The van der Waals surface area contributed by atoms with Crippen LogP contribution < -0.4 is 4.90 Å². The topological polar surface area (TPSA) is 23.5 Å². The van der Waals surface area contributed by atoms with E-state index in [0.29, 0.717) is 6.04 Å². The van der Waals surface area contributed by atoms with Crippen molar-refractivity contribution in [1.82, 2.24) is 0 Å². The Kier molecular flexibility index (Phi) is 3.17. The Labute approximate surface area is 95.5 Å². The molecule has 0 amide bonds. The van der Waals surface area contributed by atoms with Crippen molar-refractivity contribution in [3.05, 3.63) is 28.8 Å². The molecule has 0 radical (unpaired) electrons. The molecule has 15 heavy (non-hydrogen) atoms. The van der Waals surface area contributed by atoms with E-state index in [-0.39, 0.29) is 6.61 Å². The zero-order chi connectivity index (χ0) is 10.8. The first-order valence-electron chi connectivity index (χ1n) is 5.42. The molecular weight excluding hydrogens is 210 g/mol. The van der Waals surface area contributed by atoms with Gasteiger partial charge in [-0.1, -0.05) is 17.7 Å². The highest BCUT2D eigenvalue weighted by molar-refractivity contribution is 6.33. The summed E-state index contributed by atoms with van der Waals surface area (Å²) in [6, 6.07) is 6.47. The SMILES string of the molecule is CCN(c1ccc(CO)cc1Cl)C1CC1. The van der Waals surface area contributed by atoms with Crippen molar-refractivity contribution in [2.75, 3.05) is 11.4 Å². The fourth-order valence-corrected chi connectivity index (χ4v) is 2.20. The van der Waals surface area contributed by atoms with E-state index in [1.807, 2.05) is 18.2 Å². The molecule has 1 saturated carbocycles. The van der Waals surface area contributed by atoms with Gasteiger partial charge in [-0.25, -0.2) is 0 Å². The normalized spacial score (nSPS) is 15.4. The largest absolute Gasteiger partial charge is 0.392 e. The third kappa shape index (κ3) is 2.27. The van der Waals surface area contributed by atoms with Crippen LogP contribution >= 0.6 is 11.6 Å². The second kappa shape index (κ2) is 4.42. The monoisotopic (exact) mass is 225 g/mol. The number of benzene rings is 1. The van der Waals surface area contributed by atoms with Gasteiger partial charge in [-0.3, -0.25) is 0 Å². The van der Waals surface area contributed by atoms with Crippen LogP contribution in [0.3, 0.4) is 0 Å². The van der Waals surface area contributed by atoms with Crippen LogP contribution in [0, 0.1) is 0 Å². The van der Waals surface area contributed by atoms with E-state index in [2.05, 4.69) is 11.8 Å². The molecule has 0 aliphatic heterocycles. The number of aliphatic hydroxyl groups excluding tert-OH is 1. The number of aliphatic hydroxyl groups is 1. The highest BCUT2D eigenvalue weighted by Gasteiger charge is 2.29. The third-order valence-electron chi connectivity index (χ3n) is 2.83. The summed E-state index contributed by atoms with van der Waals surface area (Å²) in [5.74, 6) is 0. The predicted molar refractivity (Wildman–Crippen MR) is 63.4 cm³/mol. The van der Waals surface area contributed by atoms with Gasteiger partial charge in [0.15, 0.2) is 0 Å². The number of halogens is 1. The summed E-state index contributed by atoms with van der Waals surface area (Å²) in [4.78, 5) is 2.34. The first kappa shape index (κ1) is 10.8. The Morgan fingerprint density at radius 3 is 2.67 bits per heavy atom. The number of hydrogen-bond acceptors (Lipinski definition) is 2. The molecule has 1 aromatic rings. The lowest BCUT2D eigenvalue weighted by molar-refractivity contribution is 0.282. The second-order valence-electron chi connectivity index (χ2n) is 3.96.